The molecule has 0 radical (unpaired) electrons. The van der Waals surface area contributed by atoms with Crippen molar-refractivity contribution in [3.8, 4) is 11.5 Å². The molecule has 1 aromatic carbocycles. The SMILES string of the molecule is C[C@H]1CCCCCC(=O)c2c(cc(O)cc2O[C@@H]2O[C@H](CO)[C@@H](O)[C@H](O)[C@H]2O)CC(=O)O1. The number of Topliss-reactive ketones (excluding diaryl/α,β-unsaturated/α-hetero) is 1. The molecule has 1 aromatic rings. The molecule has 10 nitrogen and oxygen atoms in total. The van der Waals surface area contributed by atoms with E-state index in [-0.39, 0.29) is 47.4 Å². The van der Waals surface area contributed by atoms with Crippen LogP contribution in [0.4, 0.5) is 0 Å². The van der Waals surface area contributed by atoms with Crippen molar-refractivity contribution in [2.24, 2.45) is 0 Å². The number of aliphatic hydroxyl groups is 4. The van der Waals surface area contributed by atoms with Crippen LogP contribution in [0.1, 0.15) is 54.9 Å². The van der Waals surface area contributed by atoms with Crippen LogP contribution < -0.4 is 4.74 Å². The Bertz CT molecular complexity index is 823. The van der Waals surface area contributed by atoms with E-state index in [0.717, 1.165) is 18.9 Å². The highest BCUT2D eigenvalue weighted by Gasteiger charge is 2.45. The summed E-state index contributed by atoms with van der Waals surface area (Å²) < 4.78 is 16.4. The number of hydrogen-bond acceptors (Lipinski definition) is 10. The van der Waals surface area contributed by atoms with Gasteiger partial charge in [-0.2, -0.15) is 0 Å². The number of ether oxygens (including phenoxy) is 3. The monoisotopic (exact) mass is 454 g/mol. The van der Waals surface area contributed by atoms with E-state index in [0.29, 0.717) is 12.8 Å². The van der Waals surface area contributed by atoms with Gasteiger partial charge in [0.05, 0.1) is 24.7 Å². The van der Waals surface area contributed by atoms with Gasteiger partial charge in [0, 0.05) is 12.5 Å². The Kier molecular flexibility index (Phi) is 8.07. The highest BCUT2D eigenvalue weighted by molar-refractivity contribution is 6.01. The van der Waals surface area contributed by atoms with Crippen LogP contribution in [0.5, 0.6) is 11.5 Å². The smallest absolute Gasteiger partial charge is 0.310 e. The second-order valence-corrected chi connectivity index (χ2v) is 8.29. The number of rotatable bonds is 3. The Balaban J connectivity index is 1.96. The van der Waals surface area contributed by atoms with Crippen molar-refractivity contribution in [2.45, 2.75) is 82.3 Å². The fourth-order valence-corrected chi connectivity index (χ4v) is 4.00. The third kappa shape index (κ3) is 5.57. The van der Waals surface area contributed by atoms with Gasteiger partial charge < -0.3 is 39.7 Å². The minimum absolute atomic E-state index is 0.0462. The standard InChI is InChI=1S/C22H30O10/c1-11-5-3-2-4-6-14(25)18-12(8-17(26)30-11)7-13(24)9-15(18)31-22-21(29)20(28)19(27)16(10-23)32-22/h7,9,11,16,19-24,27-29H,2-6,8,10H2,1H3/t11-,16+,19+,20-,21+,22+/m0/s1. The van der Waals surface area contributed by atoms with E-state index in [4.69, 9.17) is 14.2 Å². The van der Waals surface area contributed by atoms with Gasteiger partial charge in [0.2, 0.25) is 6.29 Å². The molecule has 0 saturated carbocycles. The number of phenols is 1. The van der Waals surface area contributed by atoms with Crippen molar-refractivity contribution in [1.82, 2.24) is 0 Å². The normalized spacial score (nSPS) is 32.3. The lowest BCUT2D eigenvalue weighted by molar-refractivity contribution is -0.277. The van der Waals surface area contributed by atoms with Crippen LogP contribution in [0.2, 0.25) is 0 Å². The minimum atomic E-state index is -1.70. The van der Waals surface area contributed by atoms with E-state index < -0.39 is 43.3 Å². The highest BCUT2D eigenvalue weighted by Crippen LogP contribution is 2.34. The van der Waals surface area contributed by atoms with Gasteiger partial charge in [-0.1, -0.05) is 6.42 Å². The number of phenolic OH excluding ortho intramolecular Hbond substituents is 1. The van der Waals surface area contributed by atoms with Crippen LogP contribution in [0, 0.1) is 0 Å². The summed E-state index contributed by atoms with van der Waals surface area (Å²) >= 11 is 0. The van der Waals surface area contributed by atoms with Gasteiger partial charge >= 0.3 is 5.97 Å². The third-order valence-electron chi connectivity index (χ3n) is 5.72. The number of carbonyl (C=O) groups excluding carboxylic acids is 2. The summed E-state index contributed by atoms with van der Waals surface area (Å²) in [5, 5.41) is 49.8. The van der Waals surface area contributed by atoms with Gasteiger partial charge in [0.25, 0.3) is 0 Å². The van der Waals surface area contributed by atoms with E-state index in [2.05, 4.69) is 0 Å². The second-order valence-electron chi connectivity index (χ2n) is 8.29. The Hall–Kier alpha value is -2.24. The zero-order chi connectivity index (χ0) is 23.4. The maximum absolute atomic E-state index is 13.0. The van der Waals surface area contributed by atoms with E-state index in [1.165, 1.54) is 6.07 Å². The third-order valence-corrected chi connectivity index (χ3v) is 5.72. The molecule has 6 atom stereocenters. The van der Waals surface area contributed by atoms with Crippen molar-refractivity contribution in [3.05, 3.63) is 23.3 Å². The van der Waals surface area contributed by atoms with Gasteiger partial charge in [0.1, 0.15) is 35.9 Å². The molecule has 32 heavy (non-hydrogen) atoms. The molecular weight excluding hydrogens is 424 g/mol. The van der Waals surface area contributed by atoms with Crippen molar-refractivity contribution >= 4 is 11.8 Å². The molecular formula is C22H30O10. The maximum atomic E-state index is 13.0. The van der Waals surface area contributed by atoms with Crippen LogP contribution in [0.3, 0.4) is 0 Å². The average molecular weight is 454 g/mol. The summed E-state index contributed by atoms with van der Waals surface area (Å²) in [5.74, 6) is -1.31. The summed E-state index contributed by atoms with van der Waals surface area (Å²) in [5.41, 5.74) is 0.248. The molecule has 1 fully saturated rings. The fourth-order valence-electron chi connectivity index (χ4n) is 4.00. The van der Waals surface area contributed by atoms with Crippen molar-refractivity contribution < 1.29 is 49.3 Å². The molecule has 3 rings (SSSR count). The zero-order valence-corrected chi connectivity index (χ0v) is 17.8. The molecule has 0 amide bonds. The van der Waals surface area contributed by atoms with Crippen LogP contribution in [0.25, 0.3) is 0 Å². The molecule has 0 spiro atoms. The van der Waals surface area contributed by atoms with E-state index in [1.54, 1.807) is 6.92 Å². The lowest BCUT2D eigenvalue weighted by atomic mass is 9.95. The van der Waals surface area contributed by atoms with E-state index in [9.17, 15) is 35.1 Å². The number of esters is 1. The van der Waals surface area contributed by atoms with Crippen LogP contribution in [-0.2, 0) is 20.7 Å². The summed E-state index contributed by atoms with van der Waals surface area (Å²) in [6.07, 6.45) is -5.17. The summed E-state index contributed by atoms with van der Waals surface area (Å²) in [6, 6.07) is 2.43. The molecule has 5 N–H and O–H groups in total. The quantitative estimate of drug-likeness (QED) is 0.399. The molecule has 2 heterocycles. The Morgan fingerprint density at radius 1 is 1.06 bits per heavy atom. The van der Waals surface area contributed by atoms with Gasteiger partial charge in [-0.25, -0.2) is 0 Å². The molecule has 0 aromatic heterocycles. The fraction of sp³-hybridized carbons (Fsp3) is 0.636. The topological polar surface area (TPSA) is 163 Å². The molecule has 1 saturated heterocycles. The molecule has 2 aliphatic heterocycles. The largest absolute Gasteiger partial charge is 0.508 e. The van der Waals surface area contributed by atoms with Crippen molar-refractivity contribution in [1.29, 1.82) is 0 Å². The molecule has 0 bridgehead atoms. The molecule has 0 aliphatic carbocycles. The lowest BCUT2D eigenvalue weighted by Crippen LogP contribution is -2.60. The Labute approximate surface area is 185 Å². The predicted molar refractivity (Wildman–Crippen MR) is 109 cm³/mol. The second kappa shape index (κ2) is 10.6. The van der Waals surface area contributed by atoms with Gasteiger partial charge in [-0.15, -0.1) is 0 Å². The first kappa shape index (κ1) is 24.4. The van der Waals surface area contributed by atoms with Crippen molar-refractivity contribution in [3.63, 3.8) is 0 Å². The number of hydrogen-bond donors (Lipinski definition) is 5. The van der Waals surface area contributed by atoms with Crippen LogP contribution in [0.15, 0.2) is 12.1 Å². The summed E-state index contributed by atoms with van der Waals surface area (Å²) in [7, 11) is 0. The molecule has 10 heteroatoms. The summed E-state index contributed by atoms with van der Waals surface area (Å²) in [6.45, 7) is 1.15. The number of fused-ring (bicyclic) bond motifs is 1. The highest BCUT2D eigenvalue weighted by atomic mass is 16.7. The van der Waals surface area contributed by atoms with Crippen molar-refractivity contribution in [2.75, 3.05) is 6.61 Å². The molecule has 178 valence electrons. The minimum Gasteiger partial charge on any atom is -0.508 e. The number of carbonyl (C=O) groups is 2. The Morgan fingerprint density at radius 3 is 2.53 bits per heavy atom. The first-order chi connectivity index (χ1) is 15.2. The predicted octanol–water partition coefficient (Wildman–Crippen LogP) is 0.192. The van der Waals surface area contributed by atoms with Gasteiger partial charge in [-0.3, -0.25) is 9.59 Å². The maximum Gasteiger partial charge on any atom is 0.310 e. The van der Waals surface area contributed by atoms with E-state index in [1.807, 2.05) is 0 Å². The number of cyclic esters (lactones) is 1. The number of aliphatic hydroxyl groups excluding tert-OH is 4. The van der Waals surface area contributed by atoms with E-state index >= 15 is 0 Å². The average Bonchev–Trinajstić information content (AvgIpc) is 2.72. The Morgan fingerprint density at radius 2 is 1.81 bits per heavy atom. The molecule has 0 unspecified atom stereocenters. The van der Waals surface area contributed by atoms with Crippen LogP contribution >= 0.6 is 0 Å². The van der Waals surface area contributed by atoms with Gasteiger partial charge in [-0.05, 0) is 37.8 Å². The van der Waals surface area contributed by atoms with Gasteiger partial charge in [0.15, 0.2) is 5.78 Å². The summed E-state index contributed by atoms with van der Waals surface area (Å²) in [4.78, 5) is 25.4. The van der Waals surface area contributed by atoms with Crippen LogP contribution in [-0.4, -0.2) is 80.7 Å². The number of aromatic hydroxyl groups is 1. The first-order valence-electron chi connectivity index (χ1n) is 10.8. The molecule has 2 aliphatic rings. The number of benzene rings is 1. The zero-order valence-electron chi connectivity index (χ0n) is 17.8. The first-order valence-corrected chi connectivity index (χ1v) is 10.8. The lowest BCUT2D eigenvalue weighted by Gasteiger charge is -2.39. The number of ketones is 1.